The summed E-state index contributed by atoms with van der Waals surface area (Å²) in [4.78, 5) is 4.15. The van der Waals surface area contributed by atoms with E-state index in [-0.39, 0.29) is 4.90 Å². The van der Waals surface area contributed by atoms with Crippen molar-refractivity contribution in [1.29, 1.82) is 0 Å². The number of ether oxygens (including phenoxy) is 1. The highest BCUT2D eigenvalue weighted by molar-refractivity contribution is 8.13. The molecule has 2 aromatic rings. The van der Waals surface area contributed by atoms with Gasteiger partial charge < -0.3 is 9.30 Å². The lowest BCUT2D eigenvalue weighted by atomic mass is 10.1. The van der Waals surface area contributed by atoms with Crippen molar-refractivity contribution < 1.29 is 13.2 Å². The third kappa shape index (κ3) is 3.13. The smallest absolute Gasteiger partial charge is 0.261 e. The zero-order valence-electron chi connectivity index (χ0n) is 11.4. The molecule has 0 radical (unpaired) electrons. The van der Waals surface area contributed by atoms with Crippen molar-refractivity contribution >= 4 is 19.7 Å². The summed E-state index contributed by atoms with van der Waals surface area (Å²) in [5, 5.41) is 0. The van der Waals surface area contributed by atoms with Crippen LogP contribution in [0.15, 0.2) is 29.6 Å². The van der Waals surface area contributed by atoms with Gasteiger partial charge >= 0.3 is 0 Å². The Balaban J connectivity index is 2.25. The molecule has 0 saturated heterocycles. The van der Waals surface area contributed by atoms with Crippen molar-refractivity contribution in [2.24, 2.45) is 7.05 Å². The van der Waals surface area contributed by atoms with E-state index < -0.39 is 9.05 Å². The van der Waals surface area contributed by atoms with Crippen molar-refractivity contribution in [2.75, 3.05) is 0 Å². The van der Waals surface area contributed by atoms with E-state index in [1.54, 1.807) is 38.5 Å². The maximum Gasteiger partial charge on any atom is 0.261 e. The Morgan fingerprint density at radius 2 is 1.90 bits per heavy atom. The second-order valence-corrected chi connectivity index (χ2v) is 7.11. The van der Waals surface area contributed by atoms with Gasteiger partial charge in [-0.2, -0.15) is 0 Å². The summed E-state index contributed by atoms with van der Waals surface area (Å²) in [6.45, 7) is 3.75. The quantitative estimate of drug-likeness (QED) is 0.814. The number of imidazole rings is 1. The van der Waals surface area contributed by atoms with Gasteiger partial charge in [0.15, 0.2) is 0 Å². The molecule has 1 heterocycles. The molecule has 20 heavy (non-hydrogen) atoms. The van der Waals surface area contributed by atoms with Gasteiger partial charge in [-0.15, -0.1) is 0 Å². The van der Waals surface area contributed by atoms with Crippen LogP contribution in [0.1, 0.15) is 16.8 Å². The molecule has 108 valence electrons. The molecule has 2 rings (SSSR count). The van der Waals surface area contributed by atoms with Crippen LogP contribution in [0, 0.1) is 13.8 Å². The van der Waals surface area contributed by atoms with Crippen molar-refractivity contribution in [2.45, 2.75) is 25.3 Å². The summed E-state index contributed by atoms with van der Waals surface area (Å²) < 4.78 is 30.5. The predicted molar refractivity (Wildman–Crippen MR) is 76.5 cm³/mol. The first-order valence-corrected chi connectivity index (χ1v) is 8.24. The lowest BCUT2D eigenvalue weighted by Crippen LogP contribution is -2.03. The lowest BCUT2D eigenvalue weighted by molar-refractivity contribution is 0.296. The Bertz CT molecular complexity index is 715. The maximum atomic E-state index is 11.5. The van der Waals surface area contributed by atoms with E-state index in [2.05, 4.69) is 4.98 Å². The molecule has 0 unspecified atom stereocenters. The maximum absolute atomic E-state index is 11.5. The fourth-order valence-electron chi connectivity index (χ4n) is 2.06. The number of aromatic nitrogens is 2. The summed E-state index contributed by atoms with van der Waals surface area (Å²) >= 11 is 0. The second kappa shape index (κ2) is 5.46. The number of rotatable bonds is 4. The Labute approximate surface area is 122 Å². The van der Waals surface area contributed by atoms with Gasteiger partial charge in [0, 0.05) is 17.7 Å². The minimum atomic E-state index is -3.74. The SMILES string of the molecule is Cc1cc(OCc2cncn2C)cc(C)c1S(=O)(=O)Cl. The first kappa shape index (κ1) is 14.9. The first-order chi connectivity index (χ1) is 9.29. The van der Waals surface area contributed by atoms with Crippen molar-refractivity contribution in [3.8, 4) is 5.75 Å². The van der Waals surface area contributed by atoms with E-state index in [4.69, 9.17) is 15.4 Å². The highest BCUT2D eigenvalue weighted by Gasteiger charge is 2.17. The molecule has 0 bridgehead atoms. The molecule has 5 nitrogen and oxygen atoms in total. The van der Waals surface area contributed by atoms with E-state index in [0.29, 0.717) is 23.5 Å². The highest BCUT2D eigenvalue weighted by atomic mass is 35.7. The first-order valence-electron chi connectivity index (χ1n) is 5.93. The zero-order chi connectivity index (χ0) is 14.9. The summed E-state index contributed by atoms with van der Waals surface area (Å²) in [5.74, 6) is 0.602. The van der Waals surface area contributed by atoms with E-state index >= 15 is 0 Å². The summed E-state index contributed by atoms with van der Waals surface area (Å²) in [6, 6.07) is 3.33. The van der Waals surface area contributed by atoms with Crippen molar-refractivity contribution in [3.63, 3.8) is 0 Å². The molecular weight excluding hydrogens is 300 g/mol. The molecule has 0 aliphatic rings. The normalized spacial score (nSPS) is 11.6. The lowest BCUT2D eigenvalue weighted by Gasteiger charge is -2.11. The largest absolute Gasteiger partial charge is 0.487 e. The topological polar surface area (TPSA) is 61.2 Å². The monoisotopic (exact) mass is 314 g/mol. The third-order valence-electron chi connectivity index (χ3n) is 2.98. The van der Waals surface area contributed by atoms with Crippen LogP contribution < -0.4 is 4.74 Å². The molecule has 1 aromatic heterocycles. The molecule has 0 aliphatic heterocycles. The molecule has 1 aromatic carbocycles. The van der Waals surface area contributed by atoms with Gasteiger partial charge in [0.2, 0.25) is 0 Å². The van der Waals surface area contributed by atoms with Crippen molar-refractivity contribution in [1.82, 2.24) is 9.55 Å². The summed E-state index contributed by atoms with van der Waals surface area (Å²) in [5.41, 5.74) is 2.06. The van der Waals surface area contributed by atoms with Crippen LogP contribution in [-0.2, 0) is 22.7 Å². The molecule has 0 aliphatic carbocycles. The minimum absolute atomic E-state index is 0.145. The molecule has 7 heteroatoms. The van der Waals surface area contributed by atoms with Gasteiger partial charge in [-0.25, -0.2) is 13.4 Å². The predicted octanol–water partition coefficient (Wildman–Crippen LogP) is 2.54. The van der Waals surface area contributed by atoms with Crippen LogP contribution in [0.5, 0.6) is 5.75 Å². The molecule has 0 saturated carbocycles. The number of hydrogen-bond donors (Lipinski definition) is 0. The molecule has 0 amide bonds. The number of hydrogen-bond acceptors (Lipinski definition) is 4. The average molecular weight is 315 g/mol. The van der Waals surface area contributed by atoms with E-state index in [9.17, 15) is 8.42 Å². The van der Waals surface area contributed by atoms with Crippen LogP contribution in [0.25, 0.3) is 0 Å². The Kier molecular flexibility index (Phi) is 4.06. The van der Waals surface area contributed by atoms with Crippen LogP contribution in [0.3, 0.4) is 0 Å². The van der Waals surface area contributed by atoms with E-state index in [0.717, 1.165) is 5.69 Å². The highest BCUT2D eigenvalue weighted by Crippen LogP contribution is 2.28. The van der Waals surface area contributed by atoms with Gasteiger partial charge in [0.1, 0.15) is 12.4 Å². The van der Waals surface area contributed by atoms with E-state index in [1.165, 1.54) is 0 Å². The summed E-state index contributed by atoms with van der Waals surface area (Å²) in [7, 11) is 3.56. The van der Waals surface area contributed by atoms with Crippen LogP contribution in [-0.4, -0.2) is 18.0 Å². The van der Waals surface area contributed by atoms with Crippen molar-refractivity contribution in [3.05, 3.63) is 41.5 Å². The van der Waals surface area contributed by atoms with Gasteiger partial charge in [0.25, 0.3) is 9.05 Å². The Morgan fingerprint density at radius 1 is 1.30 bits per heavy atom. The molecule has 0 N–H and O–H groups in total. The average Bonchev–Trinajstić information content (AvgIpc) is 2.69. The fraction of sp³-hybridized carbons (Fsp3) is 0.308. The van der Waals surface area contributed by atoms with Gasteiger partial charge in [-0.05, 0) is 37.1 Å². The molecular formula is C13H15ClN2O3S. The molecule has 0 atom stereocenters. The van der Waals surface area contributed by atoms with Crippen LogP contribution in [0.2, 0.25) is 0 Å². The van der Waals surface area contributed by atoms with Crippen LogP contribution >= 0.6 is 10.7 Å². The third-order valence-corrected chi connectivity index (χ3v) is 4.58. The molecule has 0 fully saturated rings. The van der Waals surface area contributed by atoms with Gasteiger partial charge in [0.05, 0.1) is 23.1 Å². The number of nitrogens with zero attached hydrogens (tertiary/aromatic N) is 2. The number of aryl methyl sites for hydroxylation is 3. The standard InChI is InChI=1S/C13H15ClN2O3S/c1-9-4-12(5-10(2)13(9)20(14,17)18)19-7-11-6-15-8-16(11)3/h4-6,8H,7H2,1-3H3. The summed E-state index contributed by atoms with van der Waals surface area (Å²) in [6.07, 6.45) is 3.41. The Hall–Kier alpha value is -1.53. The van der Waals surface area contributed by atoms with Gasteiger partial charge in [-0.3, -0.25) is 0 Å². The second-order valence-electron chi connectivity index (χ2n) is 4.61. The van der Waals surface area contributed by atoms with Gasteiger partial charge in [-0.1, -0.05) is 0 Å². The van der Waals surface area contributed by atoms with Crippen LogP contribution in [0.4, 0.5) is 0 Å². The minimum Gasteiger partial charge on any atom is -0.487 e. The van der Waals surface area contributed by atoms with E-state index in [1.807, 2.05) is 11.6 Å². The molecule has 0 spiro atoms. The zero-order valence-corrected chi connectivity index (χ0v) is 13.0. The fourth-order valence-corrected chi connectivity index (χ4v) is 3.68. The number of halogens is 1. The Morgan fingerprint density at radius 3 is 2.35 bits per heavy atom. The number of benzene rings is 1.